The number of hydrogen-bond donors (Lipinski definition) is 2. The Kier molecular flexibility index (Phi) is 3.20. The molecular weight excluding hydrogens is 220 g/mol. The summed E-state index contributed by atoms with van der Waals surface area (Å²) in [5.74, 6) is -0.310. The molecule has 0 aliphatic carbocycles. The predicted octanol–water partition coefficient (Wildman–Crippen LogP) is 2.42. The van der Waals surface area contributed by atoms with Crippen LogP contribution in [0.4, 0.5) is 5.69 Å². The van der Waals surface area contributed by atoms with Gasteiger partial charge in [0.1, 0.15) is 5.76 Å². The van der Waals surface area contributed by atoms with Crippen molar-refractivity contribution in [3.05, 3.63) is 54.0 Å². The van der Waals surface area contributed by atoms with E-state index in [2.05, 4.69) is 10.5 Å². The molecule has 0 amide bonds. The van der Waals surface area contributed by atoms with Crippen LogP contribution in [0.2, 0.25) is 0 Å². The van der Waals surface area contributed by atoms with E-state index in [0.717, 1.165) is 0 Å². The average Bonchev–Trinajstić information content (AvgIpc) is 2.83. The maximum atomic E-state index is 10.6. The fraction of sp³-hybridized carbons (Fsp3) is 0. The van der Waals surface area contributed by atoms with E-state index >= 15 is 0 Å². The number of furan rings is 1. The summed E-state index contributed by atoms with van der Waals surface area (Å²) < 4.78 is 5.05. The molecular formula is C12H10N2O3. The highest BCUT2D eigenvalue weighted by Crippen LogP contribution is 2.09. The highest BCUT2D eigenvalue weighted by molar-refractivity contribution is 5.88. The molecule has 2 N–H and O–H groups in total. The van der Waals surface area contributed by atoms with Crippen LogP contribution in [0.5, 0.6) is 0 Å². The van der Waals surface area contributed by atoms with Gasteiger partial charge in [-0.2, -0.15) is 5.10 Å². The van der Waals surface area contributed by atoms with Crippen molar-refractivity contribution in [3.63, 3.8) is 0 Å². The number of hydrazone groups is 1. The van der Waals surface area contributed by atoms with Crippen molar-refractivity contribution in [1.82, 2.24) is 0 Å². The summed E-state index contributed by atoms with van der Waals surface area (Å²) in [5.41, 5.74) is 3.71. The zero-order valence-corrected chi connectivity index (χ0v) is 8.83. The van der Waals surface area contributed by atoms with Crippen LogP contribution in [0.25, 0.3) is 0 Å². The standard InChI is InChI=1S/C12H10N2O3/c15-12(16)9-3-5-10(6-4-9)14-13-8-11-2-1-7-17-11/h1-8,14H,(H,15,16)/b13-8-. The monoisotopic (exact) mass is 230 g/mol. The van der Waals surface area contributed by atoms with Gasteiger partial charge in [0.2, 0.25) is 0 Å². The molecule has 2 rings (SSSR count). The molecule has 0 unspecified atom stereocenters. The van der Waals surface area contributed by atoms with Crippen molar-refractivity contribution in [1.29, 1.82) is 0 Å². The Balaban J connectivity index is 1.97. The van der Waals surface area contributed by atoms with Gasteiger partial charge in [-0.1, -0.05) is 0 Å². The number of hydrogen-bond acceptors (Lipinski definition) is 4. The molecule has 0 bridgehead atoms. The Bertz CT molecular complexity index is 515. The van der Waals surface area contributed by atoms with Gasteiger partial charge in [-0.25, -0.2) is 4.79 Å². The minimum atomic E-state index is -0.948. The fourth-order valence-corrected chi connectivity index (χ4v) is 1.22. The summed E-state index contributed by atoms with van der Waals surface area (Å²) in [4.78, 5) is 10.6. The van der Waals surface area contributed by atoms with Crippen LogP contribution in [-0.2, 0) is 0 Å². The summed E-state index contributed by atoms with van der Waals surface area (Å²) in [5, 5.41) is 12.7. The molecule has 0 fully saturated rings. The van der Waals surface area contributed by atoms with Crippen LogP contribution in [0.15, 0.2) is 52.2 Å². The minimum Gasteiger partial charge on any atom is -0.478 e. The van der Waals surface area contributed by atoms with Crippen LogP contribution in [0.3, 0.4) is 0 Å². The Morgan fingerprint density at radius 1 is 1.29 bits per heavy atom. The lowest BCUT2D eigenvalue weighted by atomic mass is 10.2. The van der Waals surface area contributed by atoms with Gasteiger partial charge in [0.15, 0.2) is 0 Å². The number of nitrogens with one attached hydrogen (secondary N) is 1. The third-order valence-corrected chi connectivity index (χ3v) is 2.06. The van der Waals surface area contributed by atoms with E-state index in [-0.39, 0.29) is 5.56 Å². The molecule has 86 valence electrons. The Labute approximate surface area is 97.4 Å². The second-order valence-electron chi connectivity index (χ2n) is 3.27. The van der Waals surface area contributed by atoms with Gasteiger partial charge in [0, 0.05) is 0 Å². The van der Waals surface area contributed by atoms with Gasteiger partial charge in [-0.05, 0) is 36.4 Å². The highest BCUT2D eigenvalue weighted by atomic mass is 16.4. The molecule has 0 aliphatic rings. The van der Waals surface area contributed by atoms with Crippen LogP contribution in [0, 0.1) is 0 Å². The smallest absolute Gasteiger partial charge is 0.335 e. The first-order valence-electron chi connectivity index (χ1n) is 4.91. The molecule has 0 aliphatic heterocycles. The summed E-state index contributed by atoms with van der Waals surface area (Å²) in [6.07, 6.45) is 3.09. The topological polar surface area (TPSA) is 74.8 Å². The second-order valence-corrected chi connectivity index (χ2v) is 3.27. The summed E-state index contributed by atoms with van der Waals surface area (Å²) in [6.45, 7) is 0. The van der Waals surface area contributed by atoms with Gasteiger partial charge in [-0.3, -0.25) is 5.43 Å². The third-order valence-electron chi connectivity index (χ3n) is 2.06. The Morgan fingerprint density at radius 2 is 2.06 bits per heavy atom. The zero-order chi connectivity index (χ0) is 12.1. The van der Waals surface area contributed by atoms with Crippen LogP contribution in [0.1, 0.15) is 16.1 Å². The van der Waals surface area contributed by atoms with Crippen molar-refractivity contribution in [3.8, 4) is 0 Å². The first-order valence-corrected chi connectivity index (χ1v) is 4.91. The number of nitrogens with zero attached hydrogens (tertiary/aromatic N) is 1. The summed E-state index contributed by atoms with van der Waals surface area (Å²) >= 11 is 0. The average molecular weight is 230 g/mol. The van der Waals surface area contributed by atoms with Gasteiger partial charge >= 0.3 is 5.97 Å². The quantitative estimate of drug-likeness (QED) is 0.624. The molecule has 0 saturated carbocycles. The van der Waals surface area contributed by atoms with E-state index < -0.39 is 5.97 Å². The number of anilines is 1. The minimum absolute atomic E-state index is 0.241. The van der Waals surface area contributed by atoms with Gasteiger partial charge < -0.3 is 9.52 Å². The van der Waals surface area contributed by atoms with E-state index in [1.165, 1.54) is 18.3 Å². The molecule has 0 atom stereocenters. The maximum absolute atomic E-state index is 10.6. The molecule has 0 spiro atoms. The van der Waals surface area contributed by atoms with E-state index in [9.17, 15) is 4.79 Å². The van der Waals surface area contributed by atoms with Crippen molar-refractivity contribution in [2.45, 2.75) is 0 Å². The van der Waals surface area contributed by atoms with Crippen molar-refractivity contribution < 1.29 is 14.3 Å². The van der Waals surface area contributed by atoms with E-state index in [0.29, 0.717) is 11.4 Å². The lowest BCUT2D eigenvalue weighted by molar-refractivity contribution is 0.0697. The molecule has 5 nitrogen and oxygen atoms in total. The largest absolute Gasteiger partial charge is 0.478 e. The molecule has 5 heteroatoms. The first kappa shape index (κ1) is 10.9. The zero-order valence-electron chi connectivity index (χ0n) is 8.83. The number of carboxylic acid groups (broad SMARTS) is 1. The molecule has 17 heavy (non-hydrogen) atoms. The van der Waals surface area contributed by atoms with E-state index in [4.69, 9.17) is 9.52 Å². The third kappa shape index (κ3) is 2.94. The van der Waals surface area contributed by atoms with E-state index in [1.807, 2.05) is 0 Å². The van der Waals surface area contributed by atoms with E-state index in [1.54, 1.807) is 30.5 Å². The van der Waals surface area contributed by atoms with Crippen molar-refractivity contribution in [2.24, 2.45) is 5.10 Å². The Morgan fingerprint density at radius 3 is 2.65 bits per heavy atom. The molecule has 1 aromatic heterocycles. The molecule has 0 saturated heterocycles. The van der Waals surface area contributed by atoms with Crippen LogP contribution in [-0.4, -0.2) is 17.3 Å². The second kappa shape index (κ2) is 4.98. The van der Waals surface area contributed by atoms with Crippen LogP contribution < -0.4 is 5.43 Å². The van der Waals surface area contributed by atoms with Gasteiger partial charge in [0.05, 0.1) is 23.7 Å². The molecule has 1 heterocycles. The lowest BCUT2D eigenvalue weighted by Gasteiger charge is -1.99. The van der Waals surface area contributed by atoms with Gasteiger partial charge in [-0.15, -0.1) is 0 Å². The van der Waals surface area contributed by atoms with Crippen molar-refractivity contribution in [2.75, 3.05) is 5.43 Å². The first-order chi connectivity index (χ1) is 8.25. The SMILES string of the molecule is O=C(O)c1ccc(N/N=C\c2ccco2)cc1. The fourth-order valence-electron chi connectivity index (χ4n) is 1.22. The summed E-state index contributed by atoms with van der Waals surface area (Å²) in [6, 6.07) is 9.84. The predicted molar refractivity (Wildman–Crippen MR) is 63.3 cm³/mol. The number of rotatable bonds is 4. The lowest BCUT2D eigenvalue weighted by Crippen LogP contribution is -1.96. The molecule has 2 aromatic rings. The summed E-state index contributed by atoms with van der Waals surface area (Å²) in [7, 11) is 0. The highest BCUT2D eigenvalue weighted by Gasteiger charge is 2.00. The number of benzene rings is 1. The maximum Gasteiger partial charge on any atom is 0.335 e. The van der Waals surface area contributed by atoms with Crippen LogP contribution >= 0.6 is 0 Å². The normalized spacial score (nSPS) is 10.6. The number of carboxylic acids is 1. The Hall–Kier alpha value is -2.56. The number of carbonyl (C=O) groups is 1. The molecule has 1 aromatic carbocycles. The van der Waals surface area contributed by atoms with Gasteiger partial charge in [0.25, 0.3) is 0 Å². The van der Waals surface area contributed by atoms with Crippen molar-refractivity contribution >= 4 is 17.9 Å². The number of aromatic carboxylic acids is 1. The molecule has 0 radical (unpaired) electrons.